The molecule has 0 spiro atoms. The molecular formula is C18H34O7. The van der Waals surface area contributed by atoms with Crippen LogP contribution in [0.25, 0.3) is 0 Å². The summed E-state index contributed by atoms with van der Waals surface area (Å²) in [6.07, 6.45) is 2.29. The first-order chi connectivity index (χ1) is 11.9. The summed E-state index contributed by atoms with van der Waals surface area (Å²) >= 11 is 0. The molecule has 1 rings (SSSR count). The van der Waals surface area contributed by atoms with Crippen molar-refractivity contribution in [2.45, 2.75) is 101 Å². The topological polar surface area (TPSA) is 127 Å². The van der Waals surface area contributed by atoms with Crippen LogP contribution in [0.1, 0.15) is 71.1 Å². The average Bonchev–Trinajstić information content (AvgIpc) is 2.59. The Morgan fingerprint density at radius 2 is 1.52 bits per heavy atom. The van der Waals surface area contributed by atoms with Crippen molar-refractivity contribution in [1.29, 1.82) is 0 Å². The molecule has 25 heavy (non-hydrogen) atoms. The number of unbranched alkanes of at least 4 members (excludes halogenated alkanes) is 7. The molecule has 0 aromatic heterocycles. The molecule has 0 aromatic carbocycles. The number of aliphatic hydroxyl groups excluding tert-OH is 4. The molecule has 0 radical (unpaired) electrons. The number of carbonyl (C=O) groups is 1. The van der Waals surface area contributed by atoms with Crippen LogP contribution in [0.3, 0.4) is 0 Å². The van der Waals surface area contributed by atoms with E-state index < -0.39 is 43.2 Å². The Morgan fingerprint density at radius 3 is 2.08 bits per heavy atom. The van der Waals surface area contributed by atoms with Crippen LogP contribution in [0.2, 0.25) is 0 Å². The van der Waals surface area contributed by atoms with Gasteiger partial charge in [0, 0.05) is 6.42 Å². The van der Waals surface area contributed by atoms with Gasteiger partial charge in [-0.15, -0.1) is 0 Å². The van der Waals surface area contributed by atoms with E-state index in [9.17, 15) is 25.2 Å². The molecule has 0 amide bonds. The maximum absolute atomic E-state index is 12.1. The lowest BCUT2D eigenvalue weighted by Crippen LogP contribution is -2.65. The molecule has 0 saturated carbocycles. The van der Waals surface area contributed by atoms with E-state index in [-0.39, 0.29) is 12.2 Å². The lowest BCUT2D eigenvalue weighted by molar-refractivity contribution is -0.347. The summed E-state index contributed by atoms with van der Waals surface area (Å²) in [5.41, 5.74) is 0. The standard InChI is InChI=1S/C18H34O7/c1-2-3-4-5-6-7-8-9-10-13(20)11-18(24)17(23)16(22)15(21)14(12-19)25-18/h14-17,19,21-24H,2-12H2,1H3/t14-,15-,16+,17+,18-/m1/s1. The second-order valence-corrected chi connectivity index (χ2v) is 7.05. The SMILES string of the molecule is CCCCCCCCCCC(=O)C[C@@]1(O)O[C@H](CO)[C@@H](O)[C@H](O)[C@@H]1O. The number of ether oxygens (including phenoxy) is 1. The highest BCUT2D eigenvalue weighted by Gasteiger charge is 2.53. The van der Waals surface area contributed by atoms with Crippen molar-refractivity contribution in [2.24, 2.45) is 0 Å². The van der Waals surface area contributed by atoms with Crippen LogP contribution in [0.15, 0.2) is 0 Å². The third-order valence-electron chi connectivity index (χ3n) is 4.81. The van der Waals surface area contributed by atoms with Crippen molar-refractivity contribution in [1.82, 2.24) is 0 Å². The number of carbonyl (C=O) groups excluding carboxylic acids is 1. The van der Waals surface area contributed by atoms with Gasteiger partial charge in [-0.25, -0.2) is 0 Å². The Kier molecular flexibility index (Phi) is 10.1. The Hall–Kier alpha value is -0.570. The molecule has 5 N–H and O–H groups in total. The lowest BCUT2D eigenvalue weighted by atomic mass is 9.89. The van der Waals surface area contributed by atoms with Gasteiger partial charge >= 0.3 is 0 Å². The largest absolute Gasteiger partial charge is 0.394 e. The number of aliphatic hydroxyl groups is 5. The molecule has 7 nitrogen and oxygen atoms in total. The summed E-state index contributed by atoms with van der Waals surface area (Å²) in [7, 11) is 0. The molecule has 0 aromatic rings. The van der Waals surface area contributed by atoms with Crippen molar-refractivity contribution in [2.75, 3.05) is 6.61 Å². The molecule has 1 fully saturated rings. The van der Waals surface area contributed by atoms with Crippen molar-refractivity contribution >= 4 is 5.78 Å². The van der Waals surface area contributed by atoms with Gasteiger partial charge in [0.05, 0.1) is 13.0 Å². The van der Waals surface area contributed by atoms with Crippen LogP contribution < -0.4 is 0 Å². The quantitative estimate of drug-likeness (QED) is 0.322. The third kappa shape index (κ3) is 6.92. The summed E-state index contributed by atoms with van der Waals surface area (Å²) in [6.45, 7) is 1.54. The zero-order valence-corrected chi connectivity index (χ0v) is 15.1. The molecule has 1 heterocycles. The van der Waals surface area contributed by atoms with Crippen LogP contribution in [-0.4, -0.2) is 68.1 Å². The molecule has 5 atom stereocenters. The highest BCUT2D eigenvalue weighted by Crippen LogP contribution is 2.31. The minimum absolute atomic E-state index is 0.260. The Labute approximate surface area is 149 Å². The van der Waals surface area contributed by atoms with Crippen molar-refractivity contribution < 1.29 is 35.1 Å². The summed E-state index contributed by atoms with van der Waals surface area (Å²) in [4.78, 5) is 12.1. The molecule has 0 unspecified atom stereocenters. The van der Waals surface area contributed by atoms with Crippen molar-refractivity contribution in [3.05, 3.63) is 0 Å². The van der Waals surface area contributed by atoms with Gasteiger partial charge in [0.1, 0.15) is 30.2 Å². The summed E-state index contributed by atoms with van der Waals surface area (Å²) in [6, 6.07) is 0. The molecule has 1 aliphatic heterocycles. The number of ketones is 1. The predicted molar refractivity (Wildman–Crippen MR) is 91.8 cm³/mol. The number of Topliss-reactive ketones (excluding diaryl/α,β-unsaturated/α-hetero) is 1. The van der Waals surface area contributed by atoms with E-state index in [0.29, 0.717) is 6.42 Å². The van der Waals surface area contributed by atoms with E-state index >= 15 is 0 Å². The van der Waals surface area contributed by atoms with Gasteiger partial charge in [-0.2, -0.15) is 0 Å². The lowest BCUT2D eigenvalue weighted by Gasteiger charge is -2.45. The minimum Gasteiger partial charge on any atom is -0.394 e. The van der Waals surface area contributed by atoms with Crippen LogP contribution in [0, 0.1) is 0 Å². The molecule has 1 saturated heterocycles. The van der Waals surface area contributed by atoms with E-state index in [1.807, 2.05) is 0 Å². The van der Waals surface area contributed by atoms with E-state index in [4.69, 9.17) is 9.84 Å². The zero-order chi connectivity index (χ0) is 18.9. The van der Waals surface area contributed by atoms with Gasteiger partial charge in [-0.1, -0.05) is 51.9 Å². The monoisotopic (exact) mass is 362 g/mol. The van der Waals surface area contributed by atoms with Gasteiger partial charge < -0.3 is 30.3 Å². The zero-order valence-electron chi connectivity index (χ0n) is 15.1. The van der Waals surface area contributed by atoms with E-state index in [1.54, 1.807) is 0 Å². The maximum atomic E-state index is 12.1. The second-order valence-electron chi connectivity index (χ2n) is 7.05. The Morgan fingerprint density at radius 1 is 0.960 bits per heavy atom. The van der Waals surface area contributed by atoms with Gasteiger partial charge in [0.25, 0.3) is 0 Å². The van der Waals surface area contributed by atoms with Gasteiger partial charge in [0.15, 0.2) is 0 Å². The molecule has 148 valence electrons. The second kappa shape index (κ2) is 11.2. The maximum Gasteiger partial charge on any atom is 0.202 e. The van der Waals surface area contributed by atoms with Gasteiger partial charge in [-0.3, -0.25) is 4.79 Å². The van der Waals surface area contributed by atoms with Gasteiger partial charge in [-0.05, 0) is 6.42 Å². The number of rotatable bonds is 12. The molecule has 7 heteroatoms. The van der Waals surface area contributed by atoms with Crippen molar-refractivity contribution in [3.8, 4) is 0 Å². The fraction of sp³-hybridized carbons (Fsp3) is 0.944. The molecule has 0 bridgehead atoms. The van der Waals surface area contributed by atoms with Crippen LogP contribution in [-0.2, 0) is 9.53 Å². The summed E-state index contributed by atoms with van der Waals surface area (Å²) in [5.74, 6) is -2.57. The smallest absolute Gasteiger partial charge is 0.202 e. The fourth-order valence-corrected chi connectivity index (χ4v) is 3.19. The predicted octanol–water partition coefficient (Wildman–Crippen LogP) is 0.639. The van der Waals surface area contributed by atoms with Crippen LogP contribution >= 0.6 is 0 Å². The van der Waals surface area contributed by atoms with Crippen molar-refractivity contribution in [3.63, 3.8) is 0 Å². The first kappa shape index (κ1) is 22.5. The minimum atomic E-state index is -2.29. The summed E-state index contributed by atoms with van der Waals surface area (Å²) < 4.78 is 5.10. The van der Waals surface area contributed by atoms with Gasteiger partial charge in [0.2, 0.25) is 5.79 Å². The summed E-state index contributed by atoms with van der Waals surface area (Å²) in [5, 5.41) is 48.8. The highest BCUT2D eigenvalue weighted by molar-refractivity contribution is 5.79. The van der Waals surface area contributed by atoms with Crippen LogP contribution in [0.4, 0.5) is 0 Å². The normalized spacial score (nSPS) is 32.7. The Balaban J connectivity index is 2.32. The first-order valence-electron chi connectivity index (χ1n) is 9.42. The highest BCUT2D eigenvalue weighted by atomic mass is 16.7. The number of hydrogen-bond acceptors (Lipinski definition) is 7. The van der Waals surface area contributed by atoms with E-state index in [1.165, 1.54) is 25.7 Å². The van der Waals surface area contributed by atoms with E-state index in [0.717, 1.165) is 19.3 Å². The fourth-order valence-electron chi connectivity index (χ4n) is 3.19. The molecule has 1 aliphatic rings. The first-order valence-corrected chi connectivity index (χ1v) is 9.42. The number of hydrogen-bond donors (Lipinski definition) is 5. The molecular weight excluding hydrogens is 328 g/mol. The van der Waals surface area contributed by atoms with E-state index in [2.05, 4.69) is 6.92 Å². The molecule has 0 aliphatic carbocycles. The average molecular weight is 362 g/mol. The Bertz CT molecular complexity index is 388. The van der Waals surface area contributed by atoms with Crippen LogP contribution in [0.5, 0.6) is 0 Å². The third-order valence-corrected chi connectivity index (χ3v) is 4.81.